The second-order valence-corrected chi connectivity index (χ2v) is 7.28. The van der Waals surface area contributed by atoms with Crippen molar-refractivity contribution in [1.29, 1.82) is 0 Å². The summed E-state index contributed by atoms with van der Waals surface area (Å²) in [4.78, 5) is 15.7. The van der Waals surface area contributed by atoms with E-state index < -0.39 is 0 Å². The highest BCUT2D eigenvalue weighted by Crippen LogP contribution is 2.20. The number of benzene rings is 2. The van der Waals surface area contributed by atoms with Crippen LogP contribution in [-0.2, 0) is 4.74 Å². The molecule has 1 heterocycles. The second-order valence-electron chi connectivity index (χ2n) is 6.40. The van der Waals surface area contributed by atoms with Crippen LogP contribution in [0.2, 0.25) is 0 Å². The Kier molecular flexibility index (Phi) is 7.42. The van der Waals surface area contributed by atoms with Gasteiger partial charge in [0.05, 0.1) is 12.6 Å². The summed E-state index contributed by atoms with van der Waals surface area (Å²) in [5.74, 6) is 0.808. The van der Waals surface area contributed by atoms with E-state index in [0.29, 0.717) is 19.7 Å². The maximum absolute atomic E-state index is 12.8. The van der Waals surface area contributed by atoms with Gasteiger partial charge in [-0.25, -0.2) is 4.79 Å². The first-order chi connectivity index (χ1) is 13.2. The zero-order chi connectivity index (χ0) is 18.9. The molecule has 2 aromatic rings. The van der Waals surface area contributed by atoms with Crippen LogP contribution in [0, 0.1) is 0 Å². The fraction of sp³-hybridized carbons (Fsp3) is 0.381. The van der Waals surface area contributed by atoms with Crippen LogP contribution in [0.4, 0.5) is 10.5 Å². The van der Waals surface area contributed by atoms with E-state index in [2.05, 4.69) is 5.32 Å². The minimum Gasteiger partial charge on any atom is -0.492 e. The fourth-order valence-corrected chi connectivity index (χ4v) is 3.46. The summed E-state index contributed by atoms with van der Waals surface area (Å²) in [6.07, 6.45) is 4.16. The standard InChI is InChI=1S/C21H26N2O3S/c1-27-20-11-5-7-17(15-20)22-21(24)23(16-19-10-6-13-25-19)12-14-26-18-8-3-2-4-9-18/h2-5,7-9,11,15,19H,6,10,12-14,16H2,1H3,(H,22,24). The van der Waals surface area contributed by atoms with Crippen LogP contribution in [0.1, 0.15) is 12.8 Å². The van der Waals surface area contributed by atoms with Crippen molar-refractivity contribution in [2.24, 2.45) is 0 Å². The molecule has 1 unspecified atom stereocenters. The maximum atomic E-state index is 12.8. The molecule has 1 aliphatic rings. The molecule has 0 aliphatic carbocycles. The summed E-state index contributed by atoms with van der Waals surface area (Å²) in [7, 11) is 0. The summed E-state index contributed by atoms with van der Waals surface area (Å²) in [5, 5.41) is 3.00. The third-order valence-corrected chi connectivity index (χ3v) is 5.15. The number of hydrogen-bond donors (Lipinski definition) is 1. The number of thioether (sulfide) groups is 1. The zero-order valence-electron chi connectivity index (χ0n) is 15.6. The van der Waals surface area contributed by atoms with Crippen molar-refractivity contribution in [2.75, 3.05) is 37.9 Å². The van der Waals surface area contributed by atoms with Gasteiger partial charge in [-0.05, 0) is 49.4 Å². The topological polar surface area (TPSA) is 50.8 Å². The molecule has 1 saturated heterocycles. The van der Waals surface area contributed by atoms with E-state index in [4.69, 9.17) is 9.47 Å². The Morgan fingerprint density at radius 1 is 1.26 bits per heavy atom. The van der Waals surface area contributed by atoms with Gasteiger partial charge in [0.2, 0.25) is 0 Å². The summed E-state index contributed by atoms with van der Waals surface area (Å²) in [6, 6.07) is 17.4. The van der Waals surface area contributed by atoms with Crippen LogP contribution in [0.5, 0.6) is 5.75 Å². The number of hydrogen-bond acceptors (Lipinski definition) is 4. The van der Waals surface area contributed by atoms with E-state index in [1.165, 1.54) is 0 Å². The maximum Gasteiger partial charge on any atom is 0.322 e. The average molecular weight is 387 g/mol. The highest BCUT2D eigenvalue weighted by molar-refractivity contribution is 7.98. The highest BCUT2D eigenvalue weighted by Gasteiger charge is 2.22. The van der Waals surface area contributed by atoms with E-state index in [0.717, 1.165) is 35.8 Å². The number of amides is 2. The summed E-state index contributed by atoms with van der Waals surface area (Å²) < 4.78 is 11.5. The van der Waals surface area contributed by atoms with E-state index in [9.17, 15) is 4.79 Å². The summed E-state index contributed by atoms with van der Waals surface area (Å²) >= 11 is 1.65. The molecule has 1 N–H and O–H groups in total. The van der Waals surface area contributed by atoms with Gasteiger partial charge in [-0.2, -0.15) is 0 Å². The van der Waals surface area contributed by atoms with E-state index in [-0.39, 0.29) is 12.1 Å². The van der Waals surface area contributed by atoms with Gasteiger partial charge < -0.3 is 19.7 Å². The average Bonchev–Trinajstić information content (AvgIpc) is 3.21. The Labute approximate surface area is 165 Å². The number of urea groups is 1. The summed E-state index contributed by atoms with van der Waals surface area (Å²) in [6.45, 7) is 2.29. The first-order valence-electron chi connectivity index (χ1n) is 9.24. The first kappa shape index (κ1) is 19.6. The Hall–Kier alpha value is -2.18. The van der Waals surface area contributed by atoms with Crippen molar-refractivity contribution in [2.45, 2.75) is 23.8 Å². The molecule has 6 heteroatoms. The number of anilines is 1. The molecule has 144 valence electrons. The van der Waals surface area contributed by atoms with Crippen molar-refractivity contribution in [3.63, 3.8) is 0 Å². The molecule has 0 saturated carbocycles. The normalized spacial score (nSPS) is 16.1. The van der Waals surface area contributed by atoms with Gasteiger partial charge in [-0.15, -0.1) is 11.8 Å². The van der Waals surface area contributed by atoms with Gasteiger partial charge in [0.1, 0.15) is 12.4 Å². The predicted molar refractivity (Wildman–Crippen MR) is 110 cm³/mol. The molecule has 0 bridgehead atoms. The molecule has 0 radical (unpaired) electrons. The predicted octanol–water partition coefficient (Wildman–Crippen LogP) is 4.50. The number of rotatable bonds is 8. The zero-order valence-corrected chi connectivity index (χ0v) is 16.4. The minimum absolute atomic E-state index is 0.102. The fourth-order valence-electron chi connectivity index (χ4n) is 3.00. The van der Waals surface area contributed by atoms with Crippen molar-refractivity contribution in [3.8, 4) is 5.75 Å². The lowest BCUT2D eigenvalue weighted by molar-refractivity contribution is 0.0799. The third-order valence-electron chi connectivity index (χ3n) is 4.43. The van der Waals surface area contributed by atoms with Crippen molar-refractivity contribution in [3.05, 3.63) is 54.6 Å². The van der Waals surface area contributed by atoms with Crippen LogP contribution >= 0.6 is 11.8 Å². The molecular weight excluding hydrogens is 360 g/mol. The number of carbonyl (C=O) groups is 1. The Morgan fingerprint density at radius 3 is 2.85 bits per heavy atom. The molecule has 2 amide bonds. The van der Waals surface area contributed by atoms with Crippen LogP contribution in [0.25, 0.3) is 0 Å². The molecule has 5 nitrogen and oxygen atoms in total. The van der Waals surface area contributed by atoms with Gasteiger partial charge in [0.25, 0.3) is 0 Å². The molecule has 2 aromatic carbocycles. The Morgan fingerprint density at radius 2 is 2.11 bits per heavy atom. The lowest BCUT2D eigenvalue weighted by atomic mass is 10.2. The molecule has 0 spiro atoms. The largest absolute Gasteiger partial charge is 0.492 e. The van der Waals surface area contributed by atoms with Gasteiger partial charge >= 0.3 is 6.03 Å². The second kappa shape index (κ2) is 10.2. The van der Waals surface area contributed by atoms with Gasteiger partial charge in [-0.1, -0.05) is 24.3 Å². The monoisotopic (exact) mass is 386 g/mol. The smallest absolute Gasteiger partial charge is 0.322 e. The van der Waals surface area contributed by atoms with Gasteiger partial charge in [-0.3, -0.25) is 0 Å². The quantitative estimate of drug-likeness (QED) is 0.679. The Bertz CT molecular complexity index is 720. The molecule has 1 aliphatic heterocycles. The molecule has 3 rings (SSSR count). The van der Waals surface area contributed by atoms with E-state index in [1.54, 1.807) is 16.7 Å². The number of carbonyl (C=O) groups excluding carboxylic acids is 1. The van der Waals surface area contributed by atoms with Crippen LogP contribution in [-0.4, -0.2) is 49.6 Å². The Balaban J connectivity index is 1.59. The van der Waals surface area contributed by atoms with Crippen molar-refractivity contribution < 1.29 is 14.3 Å². The van der Waals surface area contributed by atoms with Crippen molar-refractivity contribution in [1.82, 2.24) is 4.90 Å². The van der Waals surface area contributed by atoms with Crippen molar-refractivity contribution >= 4 is 23.5 Å². The summed E-state index contributed by atoms with van der Waals surface area (Å²) in [5.41, 5.74) is 0.799. The lowest BCUT2D eigenvalue weighted by Gasteiger charge is -2.26. The first-order valence-corrected chi connectivity index (χ1v) is 10.5. The number of ether oxygens (including phenoxy) is 2. The number of nitrogens with one attached hydrogen (secondary N) is 1. The molecule has 0 aromatic heterocycles. The molecule has 27 heavy (non-hydrogen) atoms. The highest BCUT2D eigenvalue weighted by atomic mass is 32.2. The van der Waals surface area contributed by atoms with Crippen LogP contribution < -0.4 is 10.1 Å². The van der Waals surface area contributed by atoms with Gasteiger partial charge in [0, 0.05) is 23.7 Å². The minimum atomic E-state index is -0.125. The number of para-hydroxylation sites is 1. The van der Waals surface area contributed by atoms with Crippen LogP contribution in [0.15, 0.2) is 59.5 Å². The SMILES string of the molecule is CSc1cccc(NC(=O)N(CCOc2ccccc2)CC2CCCO2)c1. The van der Waals surface area contributed by atoms with E-state index in [1.807, 2.05) is 60.9 Å². The number of nitrogens with zero attached hydrogens (tertiary/aromatic N) is 1. The molecular formula is C21H26N2O3S. The van der Waals surface area contributed by atoms with E-state index >= 15 is 0 Å². The molecule has 1 fully saturated rings. The van der Waals surface area contributed by atoms with Gasteiger partial charge in [0.15, 0.2) is 0 Å². The molecule has 1 atom stereocenters. The third kappa shape index (κ3) is 6.19. The lowest BCUT2D eigenvalue weighted by Crippen LogP contribution is -2.42. The van der Waals surface area contributed by atoms with Crippen LogP contribution in [0.3, 0.4) is 0 Å².